The number of piperidine rings is 1. The van der Waals surface area contributed by atoms with Gasteiger partial charge in [-0.15, -0.1) is 0 Å². The van der Waals surface area contributed by atoms with E-state index in [2.05, 4.69) is 17.1 Å². The molecule has 0 aliphatic carbocycles. The zero-order chi connectivity index (χ0) is 25.0. The lowest BCUT2D eigenvalue weighted by Gasteiger charge is -2.43. The van der Waals surface area contributed by atoms with Crippen LogP contribution in [0.1, 0.15) is 55.3 Å². The second-order valence-corrected chi connectivity index (χ2v) is 10.6. The summed E-state index contributed by atoms with van der Waals surface area (Å²) in [5.74, 6) is 0.995. The van der Waals surface area contributed by atoms with Gasteiger partial charge in [0.05, 0.1) is 12.3 Å². The van der Waals surface area contributed by atoms with E-state index in [0.717, 1.165) is 44.7 Å². The van der Waals surface area contributed by atoms with Crippen LogP contribution < -0.4 is 4.74 Å². The number of likely N-dealkylation sites (N-methyl/N-ethyl adjacent to an activating group) is 1. The summed E-state index contributed by atoms with van der Waals surface area (Å²) < 4.78 is 11.5. The first-order chi connectivity index (χ1) is 16.7. The molecule has 0 spiro atoms. The number of benzene rings is 1. The molecule has 0 bridgehead atoms. The van der Waals surface area contributed by atoms with Crippen molar-refractivity contribution in [2.24, 2.45) is 5.41 Å². The van der Waals surface area contributed by atoms with Crippen LogP contribution in [-0.2, 0) is 4.79 Å². The van der Waals surface area contributed by atoms with Gasteiger partial charge < -0.3 is 24.0 Å². The van der Waals surface area contributed by atoms with E-state index in [1.54, 1.807) is 23.1 Å². The third kappa shape index (κ3) is 6.35. The number of hydrogen-bond donors (Lipinski definition) is 0. The molecule has 2 aliphatic rings. The molecule has 2 aromatic rings. The molecule has 35 heavy (non-hydrogen) atoms. The summed E-state index contributed by atoms with van der Waals surface area (Å²) in [7, 11) is 2.07. The number of ether oxygens (including phenoxy) is 1. The van der Waals surface area contributed by atoms with Crippen molar-refractivity contribution in [3.63, 3.8) is 0 Å². The molecule has 2 saturated heterocycles. The van der Waals surface area contributed by atoms with E-state index in [0.29, 0.717) is 36.9 Å². The van der Waals surface area contributed by atoms with Gasteiger partial charge in [-0.2, -0.15) is 0 Å². The Morgan fingerprint density at radius 1 is 1.14 bits per heavy atom. The van der Waals surface area contributed by atoms with E-state index in [9.17, 15) is 9.59 Å². The van der Waals surface area contributed by atoms with Gasteiger partial charge in [-0.25, -0.2) is 0 Å². The van der Waals surface area contributed by atoms with Crippen LogP contribution in [0.15, 0.2) is 34.9 Å². The molecule has 1 aromatic carbocycles. The van der Waals surface area contributed by atoms with Crippen LogP contribution in [0.3, 0.4) is 0 Å². The maximum absolute atomic E-state index is 13.4. The fourth-order valence-corrected chi connectivity index (χ4v) is 4.97. The lowest BCUT2D eigenvalue weighted by molar-refractivity contribution is -0.137. The highest BCUT2D eigenvalue weighted by atomic mass is 35.5. The van der Waals surface area contributed by atoms with Gasteiger partial charge in [0.25, 0.3) is 5.91 Å². The fourth-order valence-electron chi connectivity index (χ4n) is 4.79. The maximum atomic E-state index is 13.4. The number of carbonyl (C=O) groups is 2. The molecule has 9 heteroatoms. The summed E-state index contributed by atoms with van der Waals surface area (Å²) in [5.41, 5.74) is 0.253. The molecule has 0 N–H and O–H groups in total. The van der Waals surface area contributed by atoms with E-state index < -0.39 is 5.41 Å². The highest BCUT2D eigenvalue weighted by Crippen LogP contribution is 2.36. The van der Waals surface area contributed by atoms with Gasteiger partial charge in [0.2, 0.25) is 11.7 Å². The third-order valence-corrected chi connectivity index (χ3v) is 7.24. The quantitative estimate of drug-likeness (QED) is 0.571. The zero-order valence-corrected chi connectivity index (χ0v) is 21.6. The van der Waals surface area contributed by atoms with Gasteiger partial charge in [0.15, 0.2) is 0 Å². The van der Waals surface area contributed by atoms with Crippen LogP contribution in [0.25, 0.3) is 0 Å². The Morgan fingerprint density at radius 3 is 2.60 bits per heavy atom. The van der Waals surface area contributed by atoms with Crippen LogP contribution in [-0.4, -0.2) is 84.6 Å². The Balaban J connectivity index is 1.52. The maximum Gasteiger partial charge on any atom is 0.292 e. The molecular formula is C26H35ClN4O4. The van der Waals surface area contributed by atoms with E-state index in [1.807, 2.05) is 30.9 Å². The van der Waals surface area contributed by atoms with Crippen molar-refractivity contribution in [3.05, 3.63) is 46.8 Å². The Kier molecular flexibility index (Phi) is 8.02. The molecule has 4 rings (SSSR count). The highest BCUT2D eigenvalue weighted by Gasteiger charge is 2.42. The van der Waals surface area contributed by atoms with Crippen LogP contribution in [0.5, 0.6) is 5.75 Å². The van der Waals surface area contributed by atoms with E-state index >= 15 is 0 Å². The van der Waals surface area contributed by atoms with Crippen LogP contribution >= 0.6 is 11.6 Å². The first-order valence-corrected chi connectivity index (χ1v) is 12.7. The van der Waals surface area contributed by atoms with Crippen LogP contribution in [0.4, 0.5) is 0 Å². The van der Waals surface area contributed by atoms with Gasteiger partial charge in [0, 0.05) is 62.2 Å². The lowest BCUT2D eigenvalue weighted by atomic mass is 9.77. The van der Waals surface area contributed by atoms with Crippen molar-refractivity contribution < 1.29 is 18.8 Å². The molecule has 1 atom stereocenters. The number of likely N-dealkylation sites (tertiary alicyclic amines) is 1. The highest BCUT2D eigenvalue weighted by molar-refractivity contribution is 6.30. The summed E-state index contributed by atoms with van der Waals surface area (Å²) in [6.45, 7) is 8.55. The van der Waals surface area contributed by atoms with Crippen molar-refractivity contribution in [2.45, 2.75) is 39.0 Å². The molecule has 2 fully saturated rings. The summed E-state index contributed by atoms with van der Waals surface area (Å²) in [6, 6.07) is 8.99. The van der Waals surface area contributed by atoms with E-state index in [4.69, 9.17) is 20.9 Å². The first kappa shape index (κ1) is 25.5. The van der Waals surface area contributed by atoms with Crippen molar-refractivity contribution >= 4 is 23.4 Å². The molecule has 1 aromatic heterocycles. The molecule has 2 aliphatic heterocycles. The van der Waals surface area contributed by atoms with Crippen molar-refractivity contribution in [2.75, 3.05) is 52.9 Å². The number of aromatic nitrogens is 1. The normalized spacial score (nSPS) is 21.4. The van der Waals surface area contributed by atoms with Crippen molar-refractivity contribution in [3.8, 4) is 5.75 Å². The number of carbonyl (C=O) groups excluding carboxylic acids is 2. The number of nitrogens with zero attached hydrogens (tertiary/aromatic N) is 4. The topological polar surface area (TPSA) is 79.1 Å². The van der Waals surface area contributed by atoms with Gasteiger partial charge in [-0.1, -0.05) is 36.7 Å². The molecule has 2 amide bonds. The average molecular weight is 503 g/mol. The Morgan fingerprint density at radius 2 is 1.91 bits per heavy atom. The fraction of sp³-hybridized carbons (Fsp3) is 0.577. The average Bonchev–Trinajstić information content (AvgIpc) is 3.34. The van der Waals surface area contributed by atoms with Gasteiger partial charge >= 0.3 is 0 Å². The van der Waals surface area contributed by atoms with Crippen LogP contribution in [0, 0.1) is 5.41 Å². The molecule has 1 unspecified atom stereocenters. The van der Waals surface area contributed by atoms with Gasteiger partial charge in [-0.3, -0.25) is 9.59 Å². The van der Waals surface area contributed by atoms with Crippen molar-refractivity contribution in [1.29, 1.82) is 0 Å². The minimum absolute atomic E-state index is 0.115. The standard InChI is InChI=1S/C26H35ClN4O4/c1-19(2)22-15-23(35-28-22)25(33)31-9-5-8-26(17-31,18-34-21-7-4-6-20(27)14-21)16-24(32)30-12-10-29(3)11-13-30/h4,6-7,14-15,19H,5,8-13,16-18H2,1-3H3. The number of rotatable bonds is 7. The smallest absolute Gasteiger partial charge is 0.292 e. The molecule has 0 saturated carbocycles. The summed E-state index contributed by atoms with van der Waals surface area (Å²) >= 11 is 6.14. The Labute approximate surface area is 212 Å². The zero-order valence-electron chi connectivity index (χ0n) is 20.8. The summed E-state index contributed by atoms with van der Waals surface area (Å²) in [4.78, 5) is 32.6. The Hall–Kier alpha value is -2.58. The van der Waals surface area contributed by atoms with Gasteiger partial charge in [-0.05, 0) is 44.0 Å². The predicted molar refractivity (Wildman–Crippen MR) is 134 cm³/mol. The van der Waals surface area contributed by atoms with Crippen LogP contribution in [0.2, 0.25) is 5.02 Å². The number of halogens is 1. The number of amides is 2. The molecule has 8 nitrogen and oxygen atoms in total. The second kappa shape index (κ2) is 11.0. The minimum atomic E-state index is -0.502. The van der Waals surface area contributed by atoms with Crippen molar-refractivity contribution in [1.82, 2.24) is 19.9 Å². The largest absolute Gasteiger partial charge is 0.493 e. The summed E-state index contributed by atoms with van der Waals surface area (Å²) in [5, 5.41) is 4.64. The number of hydrogen-bond acceptors (Lipinski definition) is 6. The summed E-state index contributed by atoms with van der Waals surface area (Å²) in [6.07, 6.45) is 1.91. The Bertz CT molecular complexity index is 1030. The molecule has 190 valence electrons. The molecular weight excluding hydrogens is 468 g/mol. The molecule has 3 heterocycles. The predicted octanol–water partition coefficient (Wildman–Crippen LogP) is 3.92. The number of piperazine rings is 1. The third-order valence-electron chi connectivity index (χ3n) is 7.00. The lowest BCUT2D eigenvalue weighted by Crippen LogP contribution is -2.53. The minimum Gasteiger partial charge on any atom is -0.493 e. The second-order valence-electron chi connectivity index (χ2n) is 10.2. The monoisotopic (exact) mass is 502 g/mol. The van der Waals surface area contributed by atoms with Gasteiger partial charge in [0.1, 0.15) is 5.75 Å². The SMILES string of the molecule is CC(C)c1cc(C(=O)N2CCCC(COc3cccc(Cl)c3)(CC(=O)N3CCN(C)CC3)C2)on1. The van der Waals surface area contributed by atoms with E-state index in [1.165, 1.54) is 0 Å². The molecule has 0 radical (unpaired) electrons. The van der Waals surface area contributed by atoms with E-state index in [-0.39, 0.29) is 23.5 Å². The first-order valence-electron chi connectivity index (χ1n) is 12.4.